The van der Waals surface area contributed by atoms with E-state index in [1.165, 1.54) is 23.1 Å². The number of rotatable bonds is 14. The third kappa shape index (κ3) is 9.71. The minimum atomic E-state index is -3.76. The van der Waals surface area contributed by atoms with Gasteiger partial charge in [-0.15, -0.1) is 0 Å². The molecular formula is C31H36Cl2FN3O4S. The highest BCUT2D eigenvalue weighted by Crippen LogP contribution is 2.31. The zero-order chi connectivity index (χ0) is 30.9. The Hall–Kier alpha value is -3.14. The molecule has 0 aromatic heterocycles. The summed E-state index contributed by atoms with van der Waals surface area (Å²) in [4.78, 5) is 28.7. The first-order valence-corrected chi connectivity index (χ1v) is 16.2. The van der Waals surface area contributed by atoms with Crippen molar-refractivity contribution in [1.82, 2.24) is 10.2 Å². The summed E-state index contributed by atoms with van der Waals surface area (Å²) in [6, 6.07) is 19.0. The van der Waals surface area contributed by atoms with Crippen molar-refractivity contribution in [3.63, 3.8) is 0 Å². The molecule has 0 unspecified atom stereocenters. The second-order valence-electron chi connectivity index (χ2n) is 10.5. The number of anilines is 1. The van der Waals surface area contributed by atoms with Gasteiger partial charge in [-0.3, -0.25) is 13.9 Å². The monoisotopic (exact) mass is 635 g/mol. The number of halogens is 3. The molecule has 0 saturated carbocycles. The lowest BCUT2D eigenvalue weighted by atomic mass is 10.0. The van der Waals surface area contributed by atoms with Crippen molar-refractivity contribution in [3.8, 4) is 0 Å². The minimum Gasteiger partial charge on any atom is -0.354 e. The van der Waals surface area contributed by atoms with Crippen molar-refractivity contribution in [2.24, 2.45) is 5.92 Å². The molecule has 3 aromatic rings. The van der Waals surface area contributed by atoms with Crippen molar-refractivity contribution in [2.75, 3.05) is 23.7 Å². The zero-order valence-electron chi connectivity index (χ0n) is 23.9. The summed E-state index contributed by atoms with van der Waals surface area (Å²) >= 11 is 12.4. The van der Waals surface area contributed by atoms with Crippen LogP contribution in [-0.2, 0) is 32.6 Å². The lowest BCUT2D eigenvalue weighted by molar-refractivity contribution is -0.141. The quantitative estimate of drug-likeness (QED) is 0.232. The lowest BCUT2D eigenvalue weighted by Gasteiger charge is -2.32. The van der Waals surface area contributed by atoms with E-state index in [0.717, 1.165) is 16.1 Å². The van der Waals surface area contributed by atoms with Crippen LogP contribution < -0.4 is 9.62 Å². The molecule has 226 valence electrons. The van der Waals surface area contributed by atoms with Crippen LogP contribution in [0.4, 0.5) is 10.1 Å². The number of sulfonamides is 1. The van der Waals surface area contributed by atoms with Crippen molar-refractivity contribution < 1.29 is 22.4 Å². The predicted molar refractivity (Wildman–Crippen MR) is 167 cm³/mol. The molecule has 0 aliphatic rings. The van der Waals surface area contributed by atoms with Gasteiger partial charge in [-0.05, 0) is 42.2 Å². The molecule has 7 nitrogen and oxygen atoms in total. The van der Waals surface area contributed by atoms with E-state index >= 15 is 0 Å². The van der Waals surface area contributed by atoms with Crippen LogP contribution in [0.3, 0.4) is 0 Å². The first-order valence-electron chi connectivity index (χ1n) is 13.6. The molecule has 3 rings (SSSR count). The van der Waals surface area contributed by atoms with Crippen LogP contribution in [0.1, 0.15) is 37.8 Å². The number of carbonyl (C=O) groups excluding carboxylic acids is 2. The minimum absolute atomic E-state index is 0.0545. The van der Waals surface area contributed by atoms with Crippen molar-refractivity contribution >= 4 is 50.7 Å². The van der Waals surface area contributed by atoms with E-state index in [2.05, 4.69) is 5.32 Å². The number of amides is 2. The molecule has 0 radical (unpaired) electrons. The number of carbonyl (C=O) groups is 2. The Morgan fingerprint density at radius 2 is 1.64 bits per heavy atom. The van der Waals surface area contributed by atoms with Gasteiger partial charge in [0, 0.05) is 43.1 Å². The van der Waals surface area contributed by atoms with E-state index in [1.807, 2.05) is 44.2 Å². The van der Waals surface area contributed by atoms with Gasteiger partial charge >= 0.3 is 0 Å². The molecule has 0 spiro atoms. The maximum absolute atomic E-state index is 14.8. The number of hydrogen-bond acceptors (Lipinski definition) is 4. The highest BCUT2D eigenvalue weighted by atomic mass is 35.5. The fraction of sp³-hybridized carbons (Fsp3) is 0.355. The van der Waals surface area contributed by atoms with Gasteiger partial charge in [-0.25, -0.2) is 12.8 Å². The van der Waals surface area contributed by atoms with Crippen molar-refractivity contribution in [1.29, 1.82) is 0 Å². The predicted octanol–water partition coefficient (Wildman–Crippen LogP) is 6.09. The molecule has 0 bridgehead atoms. The molecule has 1 N–H and O–H groups in total. The third-order valence-corrected chi connectivity index (χ3v) is 8.32. The van der Waals surface area contributed by atoms with Gasteiger partial charge in [0.05, 0.1) is 17.0 Å². The maximum Gasteiger partial charge on any atom is 0.243 e. The number of benzene rings is 3. The molecule has 0 aliphatic heterocycles. The third-order valence-electron chi connectivity index (χ3n) is 6.58. The van der Waals surface area contributed by atoms with Crippen LogP contribution in [0.25, 0.3) is 0 Å². The Balaban J connectivity index is 1.91. The average molecular weight is 637 g/mol. The van der Waals surface area contributed by atoms with Crippen LogP contribution in [0, 0.1) is 11.7 Å². The second-order valence-corrected chi connectivity index (χ2v) is 13.2. The number of nitrogens with one attached hydrogen (secondary N) is 1. The molecule has 1 atom stereocenters. The summed E-state index contributed by atoms with van der Waals surface area (Å²) in [6.07, 6.45) is 1.29. The van der Waals surface area contributed by atoms with E-state index < -0.39 is 27.8 Å². The molecule has 42 heavy (non-hydrogen) atoms. The number of nitrogens with zero attached hydrogens (tertiary/aromatic N) is 2. The fourth-order valence-corrected chi connectivity index (χ4v) is 5.85. The molecule has 0 heterocycles. The van der Waals surface area contributed by atoms with Crippen LogP contribution in [-0.4, -0.2) is 50.5 Å². The number of hydrogen-bond donors (Lipinski definition) is 1. The molecule has 0 saturated heterocycles. The summed E-state index contributed by atoms with van der Waals surface area (Å²) in [7, 11) is -3.76. The summed E-state index contributed by atoms with van der Waals surface area (Å²) in [5, 5.41) is 3.43. The Morgan fingerprint density at radius 1 is 0.976 bits per heavy atom. The maximum atomic E-state index is 14.8. The van der Waals surface area contributed by atoms with Gasteiger partial charge in [0.25, 0.3) is 0 Å². The van der Waals surface area contributed by atoms with Gasteiger partial charge in [0.15, 0.2) is 0 Å². The molecule has 0 fully saturated rings. The molecule has 3 aromatic carbocycles. The standard InChI is InChI=1S/C31H36Cl2FN3O4S/c1-22(2)20-35-31(39)29(18-23-10-5-4-6-11-23)36(21-24-12-7-8-13-27(24)34)30(38)14-9-17-37(42(3,40)41)28-19-25(32)15-16-26(28)33/h4-8,10-13,15-16,19,22,29H,9,14,17-18,20-21H2,1-3H3,(H,35,39)/t29-/m1/s1. The largest absolute Gasteiger partial charge is 0.354 e. The Kier molecular flexibility index (Phi) is 12.2. The molecule has 2 amide bonds. The SMILES string of the molecule is CC(C)CNC(=O)[C@@H](Cc1ccccc1)N(Cc1ccccc1F)C(=O)CCCN(c1cc(Cl)ccc1Cl)S(C)(=O)=O. The normalized spacial score (nSPS) is 12.2. The van der Waals surface area contributed by atoms with Gasteiger partial charge < -0.3 is 10.2 Å². The van der Waals surface area contributed by atoms with Gasteiger partial charge in [0.1, 0.15) is 11.9 Å². The summed E-state index contributed by atoms with van der Waals surface area (Å²) in [6.45, 7) is 4.16. The van der Waals surface area contributed by atoms with E-state index in [4.69, 9.17) is 23.2 Å². The van der Waals surface area contributed by atoms with Crippen LogP contribution >= 0.6 is 23.2 Å². The summed E-state index contributed by atoms with van der Waals surface area (Å²) in [5.74, 6) is -1.07. The zero-order valence-corrected chi connectivity index (χ0v) is 26.2. The topological polar surface area (TPSA) is 86.8 Å². The van der Waals surface area contributed by atoms with E-state index in [9.17, 15) is 22.4 Å². The second kappa shape index (κ2) is 15.4. The van der Waals surface area contributed by atoms with E-state index in [1.54, 1.807) is 24.3 Å². The van der Waals surface area contributed by atoms with Crippen LogP contribution in [0.15, 0.2) is 72.8 Å². The fourth-order valence-electron chi connectivity index (χ4n) is 4.45. The van der Waals surface area contributed by atoms with Gasteiger partial charge in [0.2, 0.25) is 21.8 Å². The summed E-state index contributed by atoms with van der Waals surface area (Å²) in [5.41, 5.74) is 1.31. The van der Waals surface area contributed by atoms with Gasteiger partial charge in [-0.1, -0.05) is 85.6 Å². The van der Waals surface area contributed by atoms with Crippen LogP contribution in [0.5, 0.6) is 0 Å². The van der Waals surface area contributed by atoms with Crippen molar-refractivity contribution in [2.45, 2.75) is 45.7 Å². The first kappa shape index (κ1) is 33.4. The van der Waals surface area contributed by atoms with E-state index in [0.29, 0.717) is 11.6 Å². The van der Waals surface area contributed by atoms with Crippen LogP contribution in [0.2, 0.25) is 10.0 Å². The summed E-state index contributed by atoms with van der Waals surface area (Å²) < 4.78 is 41.2. The Bertz CT molecular complexity index is 1470. The first-order chi connectivity index (χ1) is 19.9. The Morgan fingerprint density at radius 3 is 2.29 bits per heavy atom. The van der Waals surface area contributed by atoms with Crippen molar-refractivity contribution in [3.05, 3.63) is 99.8 Å². The molecular weight excluding hydrogens is 600 g/mol. The molecule has 11 heteroatoms. The lowest BCUT2D eigenvalue weighted by Crippen LogP contribution is -2.51. The van der Waals surface area contributed by atoms with Gasteiger partial charge in [-0.2, -0.15) is 0 Å². The highest BCUT2D eigenvalue weighted by molar-refractivity contribution is 7.92. The highest BCUT2D eigenvalue weighted by Gasteiger charge is 2.31. The average Bonchev–Trinajstić information content (AvgIpc) is 2.94. The molecule has 0 aliphatic carbocycles. The Labute approximate surface area is 257 Å². The van der Waals surface area contributed by atoms with E-state index in [-0.39, 0.29) is 60.5 Å². The smallest absolute Gasteiger partial charge is 0.243 e.